The lowest BCUT2D eigenvalue weighted by Crippen LogP contribution is -2.34. The van der Waals surface area contributed by atoms with Crippen molar-refractivity contribution >= 4 is 17.7 Å². The molecule has 3 rings (SSSR count). The lowest BCUT2D eigenvalue weighted by molar-refractivity contribution is 0.0930. The zero-order chi connectivity index (χ0) is 19.9. The van der Waals surface area contributed by atoms with Gasteiger partial charge in [0.1, 0.15) is 12.4 Å². The number of amides is 1. The van der Waals surface area contributed by atoms with Gasteiger partial charge in [-0.15, -0.1) is 11.8 Å². The number of carbonyl (C=O) groups is 1. The summed E-state index contributed by atoms with van der Waals surface area (Å²) in [5, 5.41) is 6.78. The monoisotopic (exact) mass is 397 g/mol. The van der Waals surface area contributed by atoms with E-state index >= 15 is 0 Å². The van der Waals surface area contributed by atoms with Crippen LogP contribution in [0.1, 0.15) is 34.6 Å². The Hall–Kier alpha value is -2.80. The minimum Gasteiger partial charge on any atom is -0.484 e. The lowest BCUT2D eigenvalue weighted by atomic mass is 10.1. The van der Waals surface area contributed by atoms with Gasteiger partial charge in [0.2, 0.25) is 0 Å². The highest BCUT2D eigenvalue weighted by molar-refractivity contribution is 7.98. The number of ether oxygens (including phenoxy) is 1. The standard InChI is InChI=1S/C21H23N3O3S/c1-14-7-6-8-16(22-14)11-15(2)23-21(25)18-12-17(27-24-18)13-26-19-9-4-5-10-20(19)28-3/h4-10,12,15H,11,13H2,1-3H3,(H,23,25). The molecule has 3 aromatic rings. The van der Waals surface area contributed by atoms with Crippen LogP contribution in [-0.2, 0) is 13.0 Å². The van der Waals surface area contributed by atoms with Gasteiger partial charge in [-0.25, -0.2) is 0 Å². The maximum Gasteiger partial charge on any atom is 0.273 e. The van der Waals surface area contributed by atoms with Gasteiger partial charge < -0.3 is 14.6 Å². The van der Waals surface area contributed by atoms with Crippen LogP contribution in [-0.4, -0.2) is 28.3 Å². The average molecular weight is 398 g/mol. The first-order valence-corrected chi connectivity index (χ1v) is 10.2. The molecule has 0 fully saturated rings. The third-order valence-corrected chi connectivity index (χ3v) is 4.85. The maximum absolute atomic E-state index is 12.4. The summed E-state index contributed by atoms with van der Waals surface area (Å²) in [6, 6.07) is 15.2. The molecule has 1 N–H and O–H groups in total. The molecular formula is C21H23N3O3S. The fourth-order valence-corrected chi connectivity index (χ4v) is 3.29. The van der Waals surface area contributed by atoms with Crippen molar-refractivity contribution in [1.29, 1.82) is 0 Å². The highest BCUT2D eigenvalue weighted by atomic mass is 32.2. The Morgan fingerprint density at radius 1 is 1.25 bits per heavy atom. The second kappa shape index (κ2) is 9.41. The van der Waals surface area contributed by atoms with E-state index in [0.29, 0.717) is 12.2 Å². The first kappa shape index (κ1) is 19.9. The average Bonchev–Trinajstić information content (AvgIpc) is 3.15. The van der Waals surface area contributed by atoms with Crippen LogP contribution in [0, 0.1) is 6.92 Å². The molecule has 1 unspecified atom stereocenters. The van der Waals surface area contributed by atoms with Gasteiger partial charge in [0.05, 0.1) is 0 Å². The van der Waals surface area contributed by atoms with Gasteiger partial charge in [0.25, 0.3) is 5.91 Å². The van der Waals surface area contributed by atoms with Crippen LogP contribution in [0.4, 0.5) is 0 Å². The highest BCUT2D eigenvalue weighted by Gasteiger charge is 2.16. The number of benzene rings is 1. The first-order chi connectivity index (χ1) is 13.5. The maximum atomic E-state index is 12.4. The Morgan fingerprint density at radius 3 is 2.86 bits per heavy atom. The molecule has 0 saturated carbocycles. The number of aromatic nitrogens is 2. The summed E-state index contributed by atoms with van der Waals surface area (Å²) in [4.78, 5) is 17.9. The molecule has 7 heteroatoms. The number of carbonyl (C=O) groups excluding carboxylic acids is 1. The Balaban J connectivity index is 1.54. The number of para-hydroxylation sites is 1. The van der Waals surface area contributed by atoms with Crippen molar-refractivity contribution in [3.05, 3.63) is 71.4 Å². The zero-order valence-corrected chi connectivity index (χ0v) is 17.0. The molecule has 0 bridgehead atoms. The Morgan fingerprint density at radius 2 is 2.07 bits per heavy atom. The summed E-state index contributed by atoms with van der Waals surface area (Å²) in [7, 11) is 0. The predicted octanol–water partition coefficient (Wildman–Crippen LogP) is 4.04. The quantitative estimate of drug-likeness (QED) is 0.578. The van der Waals surface area contributed by atoms with Crippen LogP contribution >= 0.6 is 11.8 Å². The van der Waals surface area contributed by atoms with Crippen LogP contribution in [0.25, 0.3) is 0 Å². The van der Waals surface area contributed by atoms with E-state index in [1.165, 1.54) is 0 Å². The molecule has 6 nitrogen and oxygen atoms in total. The number of aryl methyl sites for hydroxylation is 1. The van der Waals surface area contributed by atoms with Crippen molar-refractivity contribution in [3.63, 3.8) is 0 Å². The lowest BCUT2D eigenvalue weighted by Gasteiger charge is -2.12. The largest absolute Gasteiger partial charge is 0.484 e. The zero-order valence-electron chi connectivity index (χ0n) is 16.1. The molecule has 0 aliphatic rings. The second-order valence-electron chi connectivity index (χ2n) is 6.47. The van der Waals surface area contributed by atoms with Gasteiger partial charge in [-0.05, 0) is 44.4 Å². The van der Waals surface area contributed by atoms with Crippen molar-refractivity contribution in [2.45, 2.75) is 37.8 Å². The topological polar surface area (TPSA) is 77.2 Å². The summed E-state index contributed by atoms with van der Waals surface area (Å²) >= 11 is 1.61. The van der Waals surface area contributed by atoms with Gasteiger partial charge in [0, 0.05) is 34.8 Å². The molecule has 2 heterocycles. The van der Waals surface area contributed by atoms with E-state index in [1.807, 2.05) is 62.6 Å². The molecule has 0 radical (unpaired) electrons. The van der Waals surface area contributed by atoms with E-state index in [4.69, 9.17) is 9.26 Å². The van der Waals surface area contributed by atoms with Gasteiger partial charge in [-0.1, -0.05) is 23.4 Å². The van der Waals surface area contributed by atoms with E-state index < -0.39 is 0 Å². The SMILES string of the molecule is CSc1ccccc1OCc1cc(C(=O)NC(C)Cc2cccc(C)n2)no1. The molecular weight excluding hydrogens is 374 g/mol. The van der Waals surface area contributed by atoms with Crippen molar-refractivity contribution in [3.8, 4) is 5.75 Å². The summed E-state index contributed by atoms with van der Waals surface area (Å²) in [5.41, 5.74) is 2.13. The third-order valence-electron chi connectivity index (χ3n) is 4.07. The van der Waals surface area contributed by atoms with E-state index in [0.717, 1.165) is 22.0 Å². The van der Waals surface area contributed by atoms with Gasteiger partial charge in [0.15, 0.2) is 11.5 Å². The number of pyridine rings is 1. The van der Waals surface area contributed by atoms with E-state index in [9.17, 15) is 4.79 Å². The number of thioether (sulfide) groups is 1. The van der Waals surface area contributed by atoms with Crippen molar-refractivity contribution in [2.24, 2.45) is 0 Å². The summed E-state index contributed by atoms with van der Waals surface area (Å²) in [6.45, 7) is 4.09. The third kappa shape index (κ3) is 5.36. The van der Waals surface area contributed by atoms with Crippen LogP contribution in [0.2, 0.25) is 0 Å². The number of hydrogen-bond acceptors (Lipinski definition) is 6. The van der Waals surface area contributed by atoms with Crippen LogP contribution in [0.5, 0.6) is 5.75 Å². The number of nitrogens with one attached hydrogen (secondary N) is 1. The minimum atomic E-state index is -0.278. The Bertz CT molecular complexity index is 942. The second-order valence-corrected chi connectivity index (χ2v) is 7.32. The first-order valence-electron chi connectivity index (χ1n) is 9.00. The normalized spacial score (nSPS) is 11.8. The molecule has 1 atom stereocenters. The fourth-order valence-electron chi connectivity index (χ4n) is 2.75. The smallest absolute Gasteiger partial charge is 0.273 e. The molecule has 28 heavy (non-hydrogen) atoms. The number of nitrogens with zero attached hydrogens (tertiary/aromatic N) is 2. The molecule has 0 aliphatic heterocycles. The highest BCUT2D eigenvalue weighted by Crippen LogP contribution is 2.27. The minimum absolute atomic E-state index is 0.0772. The Kier molecular flexibility index (Phi) is 6.71. The molecule has 0 aliphatic carbocycles. The van der Waals surface area contributed by atoms with Crippen LogP contribution in [0.3, 0.4) is 0 Å². The number of hydrogen-bond donors (Lipinski definition) is 1. The molecule has 1 aromatic carbocycles. The van der Waals surface area contributed by atoms with Gasteiger partial charge >= 0.3 is 0 Å². The fraction of sp³-hybridized carbons (Fsp3) is 0.286. The molecule has 0 saturated heterocycles. The molecule has 146 valence electrons. The summed E-state index contributed by atoms with van der Waals surface area (Å²) < 4.78 is 11.0. The van der Waals surface area contributed by atoms with Crippen molar-refractivity contribution in [2.75, 3.05) is 6.26 Å². The van der Waals surface area contributed by atoms with Crippen LogP contribution in [0.15, 0.2) is 57.9 Å². The summed E-state index contributed by atoms with van der Waals surface area (Å²) in [5.74, 6) is 0.991. The molecule has 0 spiro atoms. The van der Waals surface area contributed by atoms with Gasteiger partial charge in [-0.3, -0.25) is 9.78 Å². The van der Waals surface area contributed by atoms with E-state index in [1.54, 1.807) is 17.8 Å². The van der Waals surface area contributed by atoms with Crippen molar-refractivity contribution < 1.29 is 14.1 Å². The van der Waals surface area contributed by atoms with Gasteiger partial charge in [-0.2, -0.15) is 0 Å². The van der Waals surface area contributed by atoms with Crippen molar-refractivity contribution in [1.82, 2.24) is 15.5 Å². The van der Waals surface area contributed by atoms with E-state index in [-0.39, 0.29) is 24.2 Å². The summed E-state index contributed by atoms with van der Waals surface area (Å²) in [6.07, 6.45) is 2.64. The van der Waals surface area contributed by atoms with Crippen LogP contribution < -0.4 is 10.1 Å². The molecule has 2 aromatic heterocycles. The molecule has 1 amide bonds. The number of rotatable bonds is 8. The Labute approximate surface area is 168 Å². The predicted molar refractivity (Wildman–Crippen MR) is 109 cm³/mol. The van der Waals surface area contributed by atoms with E-state index in [2.05, 4.69) is 15.5 Å².